The van der Waals surface area contributed by atoms with E-state index in [1.54, 1.807) is 6.26 Å². The number of nitrogens with one attached hydrogen (secondary N) is 1. The van der Waals surface area contributed by atoms with Crippen molar-refractivity contribution in [3.05, 3.63) is 18.0 Å². The second kappa shape index (κ2) is 3.89. The quantitative estimate of drug-likeness (QED) is 0.736. The van der Waals surface area contributed by atoms with Crippen LogP contribution in [-0.2, 0) is 6.54 Å². The highest BCUT2D eigenvalue weighted by Gasteiger charge is 2.18. The van der Waals surface area contributed by atoms with Crippen molar-refractivity contribution in [2.24, 2.45) is 0 Å². The minimum atomic E-state index is 0.613. The molecule has 0 spiro atoms. The van der Waals surface area contributed by atoms with Crippen LogP contribution in [0.3, 0.4) is 0 Å². The number of likely N-dealkylation sites (tertiary alicyclic amines) is 1. The van der Waals surface area contributed by atoms with E-state index < -0.39 is 0 Å². The van der Waals surface area contributed by atoms with Crippen molar-refractivity contribution in [1.29, 1.82) is 0 Å². The predicted molar refractivity (Wildman–Crippen MR) is 49.2 cm³/mol. The van der Waals surface area contributed by atoms with Crippen molar-refractivity contribution in [3.8, 4) is 0 Å². The van der Waals surface area contributed by atoms with Crippen LogP contribution in [0.15, 0.2) is 16.9 Å². The number of hydrogen-bond donors (Lipinski definition) is 1. The summed E-state index contributed by atoms with van der Waals surface area (Å²) in [7, 11) is 2.15. The van der Waals surface area contributed by atoms with Crippen LogP contribution >= 0.6 is 0 Å². The van der Waals surface area contributed by atoms with E-state index in [4.69, 9.17) is 4.52 Å². The Hall–Kier alpha value is -0.870. The Kier molecular flexibility index (Phi) is 2.61. The standard InChI is InChI=1S/C9H15N3O/c1-12-4-2-9(7-12)10-6-8-3-5-13-11-8/h3,5,9-10H,2,4,6-7H2,1H3. The first-order valence-electron chi connectivity index (χ1n) is 4.66. The lowest BCUT2D eigenvalue weighted by atomic mass is 10.2. The van der Waals surface area contributed by atoms with Gasteiger partial charge in [0.05, 0.1) is 5.69 Å². The lowest BCUT2D eigenvalue weighted by Crippen LogP contribution is -2.30. The SMILES string of the molecule is CN1CCC(NCc2ccon2)C1. The smallest absolute Gasteiger partial charge is 0.124 e. The van der Waals surface area contributed by atoms with E-state index in [9.17, 15) is 0 Å². The summed E-state index contributed by atoms with van der Waals surface area (Å²) >= 11 is 0. The first kappa shape index (κ1) is 8.72. The maximum absolute atomic E-state index is 4.75. The van der Waals surface area contributed by atoms with E-state index in [2.05, 4.69) is 22.4 Å². The Balaban J connectivity index is 1.74. The third kappa shape index (κ3) is 2.29. The fourth-order valence-corrected chi connectivity index (χ4v) is 1.68. The van der Waals surface area contributed by atoms with Crippen molar-refractivity contribution in [2.75, 3.05) is 20.1 Å². The van der Waals surface area contributed by atoms with Crippen LogP contribution in [0, 0.1) is 0 Å². The molecule has 4 nitrogen and oxygen atoms in total. The average molecular weight is 181 g/mol. The van der Waals surface area contributed by atoms with E-state index in [0.717, 1.165) is 18.8 Å². The third-order valence-electron chi connectivity index (χ3n) is 2.45. The van der Waals surface area contributed by atoms with Crippen molar-refractivity contribution in [2.45, 2.75) is 19.0 Å². The van der Waals surface area contributed by atoms with E-state index in [-0.39, 0.29) is 0 Å². The Morgan fingerprint density at radius 3 is 3.31 bits per heavy atom. The molecule has 1 aromatic rings. The summed E-state index contributed by atoms with van der Waals surface area (Å²) in [6.45, 7) is 3.14. The molecule has 1 atom stereocenters. The molecule has 1 N–H and O–H groups in total. The number of nitrogens with zero attached hydrogens (tertiary/aromatic N) is 2. The summed E-state index contributed by atoms with van der Waals surface area (Å²) in [5, 5.41) is 7.30. The fourth-order valence-electron chi connectivity index (χ4n) is 1.68. The molecular formula is C9H15N3O. The number of aromatic nitrogens is 1. The number of hydrogen-bond acceptors (Lipinski definition) is 4. The molecule has 1 saturated heterocycles. The average Bonchev–Trinajstić information content (AvgIpc) is 2.71. The van der Waals surface area contributed by atoms with Gasteiger partial charge in [0.2, 0.25) is 0 Å². The van der Waals surface area contributed by atoms with Crippen molar-refractivity contribution in [3.63, 3.8) is 0 Å². The summed E-state index contributed by atoms with van der Waals surface area (Å²) in [6, 6.07) is 2.51. The monoisotopic (exact) mass is 181 g/mol. The van der Waals surface area contributed by atoms with E-state index in [0.29, 0.717) is 6.04 Å². The third-order valence-corrected chi connectivity index (χ3v) is 2.45. The fraction of sp³-hybridized carbons (Fsp3) is 0.667. The molecule has 72 valence electrons. The van der Waals surface area contributed by atoms with Crippen molar-refractivity contribution in [1.82, 2.24) is 15.4 Å². The molecule has 4 heteroatoms. The van der Waals surface area contributed by atoms with E-state index >= 15 is 0 Å². The van der Waals surface area contributed by atoms with Crippen LogP contribution in [0.4, 0.5) is 0 Å². The van der Waals surface area contributed by atoms with Crippen LogP contribution in [0.2, 0.25) is 0 Å². The Morgan fingerprint density at radius 2 is 2.69 bits per heavy atom. The van der Waals surface area contributed by atoms with Gasteiger partial charge < -0.3 is 14.7 Å². The molecule has 1 fully saturated rings. The maximum Gasteiger partial charge on any atom is 0.124 e. The molecule has 2 rings (SSSR count). The first-order valence-corrected chi connectivity index (χ1v) is 4.66. The zero-order valence-electron chi connectivity index (χ0n) is 7.86. The van der Waals surface area contributed by atoms with E-state index in [1.807, 2.05) is 6.07 Å². The molecule has 1 unspecified atom stereocenters. The highest BCUT2D eigenvalue weighted by atomic mass is 16.5. The van der Waals surface area contributed by atoms with Gasteiger partial charge in [-0.3, -0.25) is 0 Å². The molecule has 0 bridgehead atoms. The largest absolute Gasteiger partial charge is 0.364 e. The minimum Gasteiger partial charge on any atom is -0.364 e. The topological polar surface area (TPSA) is 41.3 Å². The molecular weight excluding hydrogens is 166 g/mol. The minimum absolute atomic E-state index is 0.613. The van der Waals surface area contributed by atoms with Crippen LogP contribution in [0.5, 0.6) is 0 Å². The molecule has 0 saturated carbocycles. The molecule has 13 heavy (non-hydrogen) atoms. The van der Waals surface area contributed by atoms with Gasteiger partial charge in [0.25, 0.3) is 0 Å². The summed E-state index contributed by atoms with van der Waals surface area (Å²) in [6.07, 6.45) is 2.84. The van der Waals surface area contributed by atoms with Gasteiger partial charge in [0, 0.05) is 25.2 Å². The van der Waals surface area contributed by atoms with Crippen molar-refractivity contribution < 1.29 is 4.52 Å². The second-order valence-electron chi connectivity index (χ2n) is 3.62. The van der Waals surface area contributed by atoms with Gasteiger partial charge >= 0.3 is 0 Å². The maximum atomic E-state index is 4.75. The number of rotatable bonds is 3. The highest BCUT2D eigenvalue weighted by Crippen LogP contribution is 2.06. The molecule has 2 heterocycles. The zero-order chi connectivity index (χ0) is 9.10. The van der Waals surface area contributed by atoms with Crippen LogP contribution < -0.4 is 5.32 Å². The van der Waals surface area contributed by atoms with Gasteiger partial charge in [-0.25, -0.2) is 0 Å². The Bertz CT molecular complexity index is 247. The normalized spacial score (nSPS) is 23.9. The molecule has 1 aliphatic heterocycles. The van der Waals surface area contributed by atoms with E-state index in [1.165, 1.54) is 13.0 Å². The van der Waals surface area contributed by atoms with Gasteiger partial charge in [0.1, 0.15) is 6.26 Å². The lowest BCUT2D eigenvalue weighted by Gasteiger charge is -2.10. The van der Waals surface area contributed by atoms with Crippen LogP contribution in [0.25, 0.3) is 0 Å². The summed E-state index contributed by atoms with van der Waals surface area (Å²) in [5.41, 5.74) is 0.981. The first-order chi connectivity index (χ1) is 6.34. The molecule has 0 amide bonds. The highest BCUT2D eigenvalue weighted by molar-refractivity contribution is 4.95. The van der Waals surface area contributed by atoms with Gasteiger partial charge in [-0.2, -0.15) is 0 Å². The van der Waals surface area contributed by atoms with Gasteiger partial charge in [-0.15, -0.1) is 0 Å². The molecule has 0 aliphatic carbocycles. The number of likely N-dealkylation sites (N-methyl/N-ethyl adjacent to an activating group) is 1. The molecule has 1 aromatic heterocycles. The Labute approximate surface area is 77.9 Å². The molecule has 0 aromatic carbocycles. The summed E-state index contributed by atoms with van der Waals surface area (Å²) in [5.74, 6) is 0. The molecule has 0 radical (unpaired) electrons. The molecule has 1 aliphatic rings. The van der Waals surface area contributed by atoms with Crippen LogP contribution in [-0.4, -0.2) is 36.2 Å². The van der Waals surface area contributed by atoms with Gasteiger partial charge in [-0.1, -0.05) is 5.16 Å². The second-order valence-corrected chi connectivity index (χ2v) is 3.62. The van der Waals surface area contributed by atoms with Gasteiger partial charge in [-0.05, 0) is 20.0 Å². The predicted octanol–water partition coefficient (Wildman–Crippen LogP) is 0.468. The van der Waals surface area contributed by atoms with Crippen molar-refractivity contribution >= 4 is 0 Å². The summed E-state index contributed by atoms with van der Waals surface area (Å²) < 4.78 is 4.75. The lowest BCUT2D eigenvalue weighted by molar-refractivity contribution is 0.389. The van der Waals surface area contributed by atoms with Crippen LogP contribution in [0.1, 0.15) is 12.1 Å². The van der Waals surface area contributed by atoms with Gasteiger partial charge in [0.15, 0.2) is 0 Å². The zero-order valence-corrected chi connectivity index (χ0v) is 7.86. The summed E-state index contributed by atoms with van der Waals surface area (Å²) in [4.78, 5) is 2.33. The Morgan fingerprint density at radius 1 is 1.77 bits per heavy atom.